The first-order valence-electron chi connectivity index (χ1n) is 2.66. The summed E-state index contributed by atoms with van der Waals surface area (Å²) in [6.07, 6.45) is 0. The van der Waals surface area contributed by atoms with Crippen molar-refractivity contribution in [3.05, 3.63) is 29.2 Å². The first-order chi connectivity index (χ1) is 4.72. The van der Waals surface area contributed by atoms with Gasteiger partial charge in [-0.1, -0.05) is 0 Å². The Kier molecular flexibility index (Phi) is 2.04. The van der Waals surface area contributed by atoms with Crippen LogP contribution in [-0.2, 0) is 0 Å². The Balaban J connectivity index is 3.15. The second-order valence-electron chi connectivity index (χ2n) is 1.76. The molecule has 1 N–H and O–H groups in total. The fourth-order valence-electron chi connectivity index (χ4n) is 0.626. The fraction of sp³-hybridized carbons (Fsp3) is 0. The van der Waals surface area contributed by atoms with E-state index >= 15 is 0 Å². The van der Waals surface area contributed by atoms with Crippen LogP contribution in [0.5, 0.6) is 0 Å². The van der Waals surface area contributed by atoms with Crippen molar-refractivity contribution in [2.24, 2.45) is 0 Å². The van der Waals surface area contributed by atoms with Gasteiger partial charge >= 0.3 is 65.5 Å². The molecular weight excluding hydrogens is 197 g/mol. The molecule has 0 radical (unpaired) electrons. The molecule has 0 saturated carbocycles. The van der Waals surface area contributed by atoms with Gasteiger partial charge in [0, 0.05) is 0 Å². The second kappa shape index (κ2) is 2.82. The number of hydrogen-bond acceptors (Lipinski definition) is 1. The maximum atomic E-state index is 10.3. The molecule has 1 aromatic rings. The van der Waals surface area contributed by atoms with E-state index in [4.69, 9.17) is 5.21 Å². The predicted octanol–water partition coefficient (Wildman–Crippen LogP) is 0.0123. The van der Waals surface area contributed by atoms with E-state index in [2.05, 4.69) is 16.0 Å². The molecule has 0 bridgehead atoms. The molecule has 0 aliphatic heterocycles. The van der Waals surface area contributed by atoms with Crippen LogP contribution in [0.3, 0.4) is 0 Å². The van der Waals surface area contributed by atoms with E-state index in [1.807, 2.05) is 0 Å². The van der Waals surface area contributed by atoms with Crippen molar-refractivity contribution in [1.82, 2.24) is 0 Å². The van der Waals surface area contributed by atoms with Crippen molar-refractivity contribution >= 4 is 26.2 Å². The first-order valence-corrected chi connectivity index (χ1v) is 3.60. The molecule has 3 nitrogen and oxygen atoms in total. The van der Waals surface area contributed by atoms with E-state index in [0.29, 0.717) is 4.46 Å². The standard InChI is InChI=1S/C6H5NO2Se/c8-7(9)5-3-1-2-4-6(5)10/h1-4H,(H-,8,9,10)/p+1. The average Bonchev–Trinajstić information content (AvgIpc) is 1.88. The van der Waals surface area contributed by atoms with Crippen LogP contribution in [0.25, 0.3) is 0 Å². The Morgan fingerprint density at radius 3 is 2.40 bits per heavy atom. The Morgan fingerprint density at radius 1 is 1.40 bits per heavy atom. The van der Waals surface area contributed by atoms with Gasteiger partial charge in [-0.05, 0) is 0 Å². The van der Waals surface area contributed by atoms with Gasteiger partial charge in [0.05, 0.1) is 0 Å². The molecule has 0 unspecified atom stereocenters. The molecule has 10 heavy (non-hydrogen) atoms. The third kappa shape index (κ3) is 1.35. The molecule has 0 saturated heterocycles. The maximum absolute atomic E-state index is 10.3. The van der Waals surface area contributed by atoms with E-state index < -0.39 is 0 Å². The van der Waals surface area contributed by atoms with Gasteiger partial charge in [-0.2, -0.15) is 0 Å². The summed E-state index contributed by atoms with van der Waals surface area (Å²) in [6, 6.07) is 6.75. The monoisotopic (exact) mass is 204 g/mol. The molecule has 0 aliphatic carbocycles. The van der Waals surface area contributed by atoms with Crippen LogP contribution >= 0.6 is 0 Å². The third-order valence-corrected chi connectivity index (χ3v) is 1.88. The Labute approximate surface area is 66.0 Å². The van der Waals surface area contributed by atoms with E-state index in [-0.39, 0.29) is 10.6 Å². The minimum absolute atomic E-state index is 0.145. The van der Waals surface area contributed by atoms with E-state index in [9.17, 15) is 4.91 Å². The Morgan fingerprint density at radius 2 is 2.00 bits per heavy atom. The normalized spacial score (nSPS) is 9.30. The van der Waals surface area contributed by atoms with Crippen LogP contribution in [0.2, 0.25) is 0 Å². The number of nitrogens with zero attached hydrogens (tertiary/aromatic N) is 1. The van der Waals surface area contributed by atoms with Crippen molar-refractivity contribution in [1.29, 1.82) is 0 Å². The van der Waals surface area contributed by atoms with Gasteiger partial charge in [-0.15, -0.1) is 0 Å². The van der Waals surface area contributed by atoms with Crippen LogP contribution in [0.15, 0.2) is 24.3 Å². The van der Waals surface area contributed by atoms with Gasteiger partial charge in [-0.25, -0.2) is 0 Å². The Hall–Kier alpha value is -0.861. The summed E-state index contributed by atoms with van der Waals surface area (Å²) in [5.41, 5.74) is 0.266. The molecule has 0 spiro atoms. The van der Waals surface area contributed by atoms with Crippen molar-refractivity contribution in [3.63, 3.8) is 0 Å². The zero-order valence-corrected chi connectivity index (χ0v) is 6.94. The SMILES string of the molecule is O=[N+](O)c1ccccc1[SeH]. The second-order valence-corrected chi connectivity index (χ2v) is 2.77. The third-order valence-electron chi connectivity index (χ3n) is 1.09. The number of hydrogen-bond donors (Lipinski definition) is 1. The summed E-state index contributed by atoms with van der Waals surface area (Å²) in [4.78, 5) is 10.2. The van der Waals surface area contributed by atoms with Crippen LogP contribution in [-0.4, -0.2) is 26.1 Å². The molecule has 1 aromatic carbocycles. The van der Waals surface area contributed by atoms with Crippen molar-refractivity contribution in [2.45, 2.75) is 0 Å². The topological polar surface area (TPSA) is 40.3 Å². The zero-order chi connectivity index (χ0) is 7.56. The number of benzene rings is 1. The summed E-state index contributed by atoms with van der Waals surface area (Å²) in [5.74, 6) is 0. The van der Waals surface area contributed by atoms with Crippen molar-refractivity contribution in [2.75, 3.05) is 0 Å². The molecule has 0 atom stereocenters. The van der Waals surface area contributed by atoms with Crippen molar-refractivity contribution in [3.8, 4) is 0 Å². The summed E-state index contributed by atoms with van der Waals surface area (Å²) >= 11 is 2.21. The molecule has 0 heterocycles. The van der Waals surface area contributed by atoms with Gasteiger partial charge in [0.15, 0.2) is 0 Å². The van der Waals surface area contributed by atoms with Gasteiger partial charge in [0.2, 0.25) is 0 Å². The van der Waals surface area contributed by atoms with Crippen molar-refractivity contribution < 1.29 is 10.1 Å². The fourth-order valence-corrected chi connectivity index (χ4v) is 1.14. The van der Waals surface area contributed by atoms with Gasteiger partial charge < -0.3 is 0 Å². The van der Waals surface area contributed by atoms with E-state index in [0.717, 1.165) is 0 Å². The first kappa shape index (κ1) is 7.25. The molecule has 0 fully saturated rings. The molecule has 1 rings (SSSR count). The molecular formula is C6H6NO2Se+. The summed E-state index contributed by atoms with van der Waals surface area (Å²) in [6.45, 7) is 0. The zero-order valence-electron chi connectivity index (χ0n) is 5.06. The minimum atomic E-state index is -0.145. The molecule has 0 amide bonds. The van der Waals surface area contributed by atoms with Gasteiger partial charge in [0.25, 0.3) is 0 Å². The predicted molar refractivity (Wildman–Crippen MR) is 38.3 cm³/mol. The molecule has 52 valence electrons. The van der Waals surface area contributed by atoms with Crippen LogP contribution in [0.4, 0.5) is 5.69 Å². The molecule has 4 heteroatoms. The average molecular weight is 203 g/mol. The molecule has 0 aromatic heterocycles. The number of para-hydroxylation sites is 1. The molecule has 0 aliphatic rings. The quantitative estimate of drug-likeness (QED) is 0.516. The van der Waals surface area contributed by atoms with E-state index in [1.165, 1.54) is 0 Å². The summed E-state index contributed by atoms with van der Waals surface area (Å²) < 4.78 is 0.701. The van der Waals surface area contributed by atoms with Crippen LogP contribution in [0.1, 0.15) is 0 Å². The Bertz CT molecular complexity index is 262. The van der Waals surface area contributed by atoms with Crippen LogP contribution < -0.4 is 4.46 Å². The van der Waals surface area contributed by atoms with E-state index in [1.54, 1.807) is 24.3 Å². The number of rotatable bonds is 1. The summed E-state index contributed by atoms with van der Waals surface area (Å²) in [5, 5.41) is 8.47. The van der Waals surface area contributed by atoms with Gasteiger partial charge in [-0.3, -0.25) is 0 Å². The summed E-state index contributed by atoms with van der Waals surface area (Å²) in [7, 11) is 0. The van der Waals surface area contributed by atoms with Crippen LogP contribution in [0, 0.1) is 4.91 Å². The van der Waals surface area contributed by atoms with Gasteiger partial charge in [0.1, 0.15) is 0 Å².